The largest absolute Gasteiger partial charge is 0.473 e. The van der Waals surface area contributed by atoms with Crippen LogP contribution in [0.3, 0.4) is 0 Å². The highest BCUT2D eigenvalue weighted by atomic mass is 35.5. The first-order valence-electron chi connectivity index (χ1n) is 10.8. The van der Waals surface area contributed by atoms with Gasteiger partial charge in [0.05, 0.1) is 35.7 Å². The second kappa shape index (κ2) is 9.85. The Balaban J connectivity index is 1.45. The zero-order valence-electron chi connectivity index (χ0n) is 18.2. The summed E-state index contributed by atoms with van der Waals surface area (Å²) in [5.41, 5.74) is 1.94. The van der Waals surface area contributed by atoms with Crippen molar-refractivity contribution in [2.45, 2.75) is 18.9 Å². The number of anilines is 1. The van der Waals surface area contributed by atoms with E-state index in [2.05, 4.69) is 25.3 Å². The molecule has 1 aromatic carbocycles. The molecule has 1 saturated heterocycles. The number of aromatic nitrogens is 4. The third kappa shape index (κ3) is 5.03. The first kappa shape index (κ1) is 23.0. The molecule has 0 radical (unpaired) electrons. The highest BCUT2D eigenvalue weighted by molar-refractivity contribution is 6.32. The Bertz CT molecular complexity index is 1420. The van der Waals surface area contributed by atoms with Crippen molar-refractivity contribution in [3.8, 4) is 17.1 Å². The van der Waals surface area contributed by atoms with Crippen LogP contribution in [0.15, 0.2) is 48.9 Å². The molecule has 8 nitrogen and oxygen atoms in total. The summed E-state index contributed by atoms with van der Waals surface area (Å²) in [4.78, 5) is 29.8. The van der Waals surface area contributed by atoms with Gasteiger partial charge in [0.2, 0.25) is 5.88 Å². The fourth-order valence-corrected chi connectivity index (χ4v) is 3.81. The molecular weight excluding hydrogens is 480 g/mol. The number of nitrogens with one attached hydrogen (secondary N) is 1. The molecule has 1 fully saturated rings. The molecule has 178 valence electrons. The molecule has 4 aromatic rings. The normalized spacial score (nSPS) is 14.1. The minimum Gasteiger partial charge on any atom is -0.473 e. The van der Waals surface area contributed by atoms with Gasteiger partial charge >= 0.3 is 0 Å². The smallest absolute Gasteiger partial charge is 0.258 e. The van der Waals surface area contributed by atoms with Gasteiger partial charge in [-0.2, -0.15) is 4.98 Å². The monoisotopic (exact) mass is 497 g/mol. The van der Waals surface area contributed by atoms with Crippen LogP contribution < -0.4 is 10.1 Å². The zero-order valence-corrected chi connectivity index (χ0v) is 18.9. The van der Waals surface area contributed by atoms with Crippen LogP contribution in [-0.4, -0.2) is 45.2 Å². The van der Waals surface area contributed by atoms with Gasteiger partial charge in [-0.1, -0.05) is 11.6 Å². The van der Waals surface area contributed by atoms with Crippen LogP contribution in [-0.2, 0) is 4.74 Å². The number of carbonyl (C=O) groups excluding carboxylic acids is 1. The summed E-state index contributed by atoms with van der Waals surface area (Å²) in [5, 5.41) is 2.51. The van der Waals surface area contributed by atoms with Gasteiger partial charge in [0.15, 0.2) is 10.7 Å². The van der Waals surface area contributed by atoms with E-state index in [1.807, 2.05) is 0 Å². The number of benzene rings is 1. The van der Waals surface area contributed by atoms with Gasteiger partial charge in [-0.05, 0) is 30.3 Å². The lowest BCUT2D eigenvalue weighted by Gasteiger charge is -2.22. The number of halogens is 3. The van der Waals surface area contributed by atoms with Crippen LogP contribution in [0.25, 0.3) is 22.3 Å². The number of ether oxygens (including phenoxy) is 2. The molecule has 3 aromatic heterocycles. The Morgan fingerprint density at radius 3 is 2.71 bits per heavy atom. The van der Waals surface area contributed by atoms with E-state index in [-0.39, 0.29) is 22.5 Å². The number of pyridine rings is 2. The van der Waals surface area contributed by atoms with E-state index in [9.17, 15) is 13.6 Å². The summed E-state index contributed by atoms with van der Waals surface area (Å²) in [5.74, 6) is -2.20. The molecule has 5 rings (SSSR count). The van der Waals surface area contributed by atoms with Crippen molar-refractivity contribution in [2.24, 2.45) is 0 Å². The Kier molecular flexibility index (Phi) is 6.47. The molecule has 0 bridgehead atoms. The van der Waals surface area contributed by atoms with Gasteiger partial charge < -0.3 is 14.8 Å². The Labute approximate surface area is 203 Å². The second-order valence-corrected chi connectivity index (χ2v) is 8.17. The molecular formula is C24H18ClF2N5O3. The molecule has 1 aliphatic heterocycles. The standard InChI is InChI=1S/C24H18ClF2N5O3/c25-22-20(32-23(33)16-2-1-14(26)10-17(16)27)9-13(11-28-22)18-3-4-19-21(31-18)24(30-12-29-19)35-15-5-7-34-8-6-15/h1-4,9-12,15H,5-8H2,(H,32,33). The predicted octanol–water partition coefficient (Wildman–Crippen LogP) is 4.83. The minimum absolute atomic E-state index is 0.00252. The Hall–Kier alpha value is -3.76. The Morgan fingerprint density at radius 2 is 1.91 bits per heavy atom. The molecule has 1 N–H and O–H groups in total. The Morgan fingerprint density at radius 1 is 1.09 bits per heavy atom. The van der Waals surface area contributed by atoms with Crippen LogP contribution in [0, 0.1) is 11.6 Å². The van der Waals surface area contributed by atoms with Gasteiger partial charge in [0, 0.05) is 30.7 Å². The molecule has 0 atom stereocenters. The fraction of sp³-hybridized carbons (Fsp3) is 0.208. The zero-order chi connectivity index (χ0) is 24.4. The van der Waals surface area contributed by atoms with Crippen LogP contribution in [0.5, 0.6) is 5.88 Å². The lowest BCUT2D eigenvalue weighted by atomic mass is 10.1. The third-order valence-corrected chi connectivity index (χ3v) is 5.75. The number of nitrogens with zero attached hydrogens (tertiary/aromatic N) is 4. The van der Waals surface area contributed by atoms with Gasteiger partial charge in [-0.25, -0.2) is 23.7 Å². The minimum atomic E-state index is -0.990. The van der Waals surface area contributed by atoms with Gasteiger partial charge in [0.25, 0.3) is 5.91 Å². The molecule has 1 aliphatic rings. The van der Waals surface area contributed by atoms with E-state index >= 15 is 0 Å². The number of amides is 1. The first-order valence-corrected chi connectivity index (χ1v) is 11.1. The summed E-state index contributed by atoms with van der Waals surface area (Å²) in [6, 6.07) is 7.75. The second-order valence-electron chi connectivity index (χ2n) is 7.81. The maximum Gasteiger partial charge on any atom is 0.258 e. The van der Waals surface area contributed by atoms with E-state index in [1.165, 1.54) is 12.5 Å². The molecule has 11 heteroatoms. The van der Waals surface area contributed by atoms with Crippen molar-refractivity contribution >= 4 is 34.2 Å². The molecule has 1 amide bonds. The maximum atomic E-state index is 14.0. The van der Waals surface area contributed by atoms with Crippen LogP contribution in [0.1, 0.15) is 23.2 Å². The molecule has 4 heterocycles. The van der Waals surface area contributed by atoms with Crippen molar-refractivity contribution < 1.29 is 23.0 Å². The number of fused-ring (bicyclic) bond motifs is 1. The van der Waals surface area contributed by atoms with Crippen molar-refractivity contribution in [3.63, 3.8) is 0 Å². The summed E-state index contributed by atoms with van der Waals surface area (Å²) >= 11 is 6.16. The molecule has 0 aliphatic carbocycles. The van der Waals surface area contributed by atoms with Crippen LogP contribution in [0.4, 0.5) is 14.5 Å². The van der Waals surface area contributed by atoms with E-state index in [0.29, 0.717) is 47.5 Å². The van der Waals surface area contributed by atoms with E-state index in [4.69, 9.17) is 21.1 Å². The molecule has 0 saturated carbocycles. The summed E-state index contributed by atoms with van der Waals surface area (Å²) in [7, 11) is 0. The van der Waals surface area contributed by atoms with Gasteiger partial charge in [0.1, 0.15) is 24.1 Å². The van der Waals surface area contributed by atoms with Crippen molar-refractivity contribution in [2.75, 3.05) is 18.5 Å². The number of hydrogen-bond acceptors (Lipinski definition) is 7. The van der Waals surface area contributed by atoms with Crippen LogP contribution in [0.2, 0.25) is 5.15 Å². The first-order chi connectivity index (χ1) is 17.0. The van der Waals surface area contributed by atoms with Crippen molar-refractivity contribution in [3.05, 3.63) is 71.3 Å². The number of carbonyl (C=O) groups is 1. The maximum absolute atomic E-state index is 14.0. The quantitative estimate of drug-likeness (QED) is 0.394. The molecule has 35 heavy (non-hydrogen) atoms. The van der Waals surface area contributed by atoms with Crippen molar-refractivity contribution in [1.29, 1.82) is 0 Å². The average Bonchev–Trinajstić information content (AvgIpc) is 2.86. The fourth-order valence-electron chi connectivity index (χ4n) is 3.66. The van der Waals surface area contributed by atoms with E-state index in [0.717, 1.165) is 25.0 Å². The topological polar surface area (TPSA) is 99.1 Å². The van der Waals surface area contributed by atoms with Crippen molar-refractivity contribution in [1.82, 2.24) is 19.9 Å². The van der Waals surface area contributed by atoms with E-state index < -0.39 is 17.5 Å². The molecule has 0 spiro atoms. The lowest BCUT2D eigenvalue weighted by molar-refractivity contribution is 0.0243. The lowest BCUT2D eigenvalue weighted by Crippen LogP contribution is -2.26. The number of hydrogen-bond donors (Lipinski definition) is 1. The highest BCUT2D eigenvalue weighted by Crippen LogP contribution is 2.29. The SMILES string of the molecule is O=C(Nc1cc(-c2ccc3ncnc(OC4CCOCC4)c3n2)cnc1Cl)c1ccc(F)cc1F. The van der Waals surface area contributed by atoms with Gasteiger partial charge in [-0.3, -0.25) is 4.79 Å². The molecule has 0 unspecified atom stereocenters. The predicted molar refractivity (Wildman–Crippen MR) is 124 cm³/mol. The van der Waals surface area contributed by atoms with Gasteiger partial charge in [-0.15, -0.1) is 0 Å². The highest BCUT2D eigenvalue weighted by Gasteiger charge is 2.19. The van der Waals surface area contributed by atoms with Crippen LogP contribution >= 0.6 is 11.6 Å². The summed E-state index contributed by atoms with van der Waals surface area (Å²) in [6.07, 6.45) is 4.39. The van der Waals surface area contributed by atoms with E-state index in [1.54, 1.807) is 18.2 Å². The summed E-state index contributed by atoms with van der Waals surface area (Å²) < 4.78 is 38.6. The summed E-state index contributed by atoms with van der Waals surface area (Å²) in [6.45, 7) is 1.25. The third-order valence-electron chi connectivity index (χ3n) is 5.45. The number of rotatable bonds is 5. The average molecular weight is 498 g/mol.